The summed E-state index contributed by atoms with van der Waals surface area (Å²) in [7, 11) is 0. The summed E-state index contributed by atoms with van der Waals surface area (Å²) >= 11 is 0. The van der Waals surface area contributed by atoms with Gasteiger partial charge in [0, 0.05) is 31.7 Å². The van der Waals surface area contributed by atoms with Crippen molar-refractivity contribution < 1.29 is 4.74 Å². The molecule has 1 fully saturated rings. The Balaban J connectivity index is 1.79. The predicted molar refractivity (Wildman–Crippen MR) is 84.1 cm³/mol. The average molecular weight is 276 g/mol. The van der Waals surface area contributed by atoms with Gasteiger partial charge in [-0.25, -0.2) is 0 Å². The minimum atomic E-state index is 0.780. The maximum Gasteiger partial charge on any atom is 0.123 e. The van der Waals surface area contributed by atoms with E-state index in [2.05, 4.69) is 49.2 Å². The van der Waals surface area contributed by atoms with E-state index in [1.54, 1.807) is 0 Å². The second kappa shape index (κ2) is 7.65. The van der Waals surface area contributed by atoms with Gasteiger partial charge in [0.1, 0.15) is 12.4 Å². The molecule has 1 aromatic carbocycles. The molecule has 0 spiro atoms. The van der Waals surface area contributed by atoms with E-state index in [9.17, 15) is 0 Å². The van der Waals surface area contributed by atoms with Crippen LogP contribution in [0.25, 0.3) is 0 Å². The van der Waals surface area contributed by atoms with E-state index in [0.717, 1.165) is 43.8 Å². The van der Waals surface area contributed by atoms with Crippen LogP contribution >= 0.6 is 0 Å². The van der Waals surface area contributed by atoms with Crippen molar-refractivity contribution in [2.75, 3.05) is 32.8 Å². The number of hydrogen-bond acceptors (Lipinski definition) is 3. The molecule has 0 radical (unpaired) electrons. The first kappa shape index (κ1) is 15.3. The summed E-state index contributed by atoms with van der Waals surface area (Å²) < 4.78 is 5.98. The summed E-state index contributed by atoms with van der Waals surface area (Å²) in [6.45, 7) is 12.9. The molecule has 1 saturated heterocycles. The molecule has 0 bridgehead atoms. The smallest absolute Gasteiger partial charge is 0.123 e. The summed E-state index contributed by atoms with van der Waals surface area (Å²) in [5.74, 6) is 2.65. The van der Waals surface area contributed by atoms with E-state index in [4.69, 9.17) is 4.74 Å². The zero-order valence-corrected chi connectivity index (χ0v) is 13.1. The van der Waals surface area contributed by atoms with E-state index in [1.807, 2.05) is 6.07 Å². The molecular weight excluding hydrogens is 248 g/mol. The van der Waals surface area contributed by atoms with Gasteiger partial charge in [0.05, 0.1) is 0 Å². The Morgan fingerprint density at radius 3 is 2.60 bits per heavy atom. The lowest BCUT2D eigenvalue weighted by Crippen LogP contribution is -2.26. The quantitative estimate of drug-likeness (QED) is 0.829. The van der Waals surface area contributed by atoms with E-state index < -0.39 is 0 Å². The van der Waals surface area contributed by atoms with Crippen molar-refractivity contribution in [3.05, 3.63) is 29.8 Å². The van der Waals surface area contributed by atoms with Crippen molar-refractivity contribution >= 4 is 0 Å². The van der Waals surface area contributed by atoms with Crippen LogP contribution < -0.4 is 10.1 Å². The van der Waals surface area contributed by atoms with Crippen LogP contribution in [0, 0.1) is 11.8 Å². The monoisotopic (exact) mass is 276 g/mol. The Hall–Kier alpha value is -1.06. The van der Waals surface area contributed by atoms with E-state index >= 15 is 0 Å². The summed E-state index contributed by atoms with van der Waals surface area (Å²) in [6, 6.07) is 8.33. The normalized spacial score (nSPS) is 23.1. The molecule has 2 atom stereocenters. The molecule has 1 aliphatic rings. The molecular formula is C17H28N2O. The largest absolute Gasteiger partial charge is 0.492 e. The molecule has 1 aromatic rings. The summed E-state index contributed by atoms with van der Waals surface area (Å²) in [6.07, 6.45) is 0. The lowest BCUT2D eigenvalue weighted by atomic mass is 10.0. The maximum atomic E-state index is 5.98. The van der Waals surface area contributed by atoms with Gasteiger partial charge in [-0.1, -0.05) is 39.0 Å². The number of nitrogens with one attached hydrogen (secondary N) is 1. The highest BCUT2D eigenvalue weighted by atomic mass is 16.5. The van der Waals surface area contributed by atoms with Crippen LogP contribution in [0.5, 0.6) is 5.75 Å². The fourth-order valence-corrected chi connectivity index (χ4v) is 2.77. The average Bonchev–Trinajstić information content (AvgIpc) is 2.76. The van der Waals surface area contributed by atoms with Gasteiger partial charge in [-0.05, 0) is 24.4 Å². The van der Waals surface area contributed by atoms with E-state index in [0.29, 0.717) is 0 Å². The highest BCUT2D eigenvalue weighted by molar-refractivity contribution is 5.33. The molecule has 0 aliphatic carbocycles. The second-order valence-corrected chi connectivity index (χ2v) is 5.95. The first-order valence-electron chi connectivity index (χ1n) is 7.84. The molecule has 0 saturated carbocycles. The molecule has 20 heavy (non-hydrogen) atoms. The minimum Gasteiger partial charge on any atom is -0.492 e. The Bertz CT molecular complexity index is 398. The van der Waals surface area contributed by atoms with Crippen LogP contribution in [0.3, 0.4) is 0 Å². The molecule has 2 rings (SSSR count). The van der Waals surface area contributed by atoms with Gasteiger partial charge in [0.2, 0.25) is 0 Å². The third-order valence-corrected chi connectivity index (χ3v) is 4.27. The number of nitrogens with zero attached hydrogens (tertiary/aromatic N) is 1. The number of para-hydroxylation sites is 1. The molecule has 0 aromatic heterocycles. The number of benzene rings is 1. The topological polar surface area (TPSA) is 24.5 Å². The first-order valence-corrected chi connectivity index (χ1v) is 7.84. The van der Waals surface area contributed by atoms with E-state index in [1.165, 1.54) is 18.7 Å². The van der Waals surface area contributed by atoms with Gasteiger partial charge in [0.15, 0.2) is 0 Å². The van der Waals surface area contributed by atoms with Crippen molar-refractivity contribution in [1.82, 2.24) is 10.2 Å². The molecule has 1 aliphatic heterocycles. The molecule has 1 heterocycles. The van der Waals surface area contributed by atoms with Crippen LogP contribution in [0.4, 0.5) is 0 Å². The van der Waals surface area contributed by atoms with Crippen molar-refractivity contribution in [3.8, 4) is 5.75 Å². The molecule has 3 nitrogen and oxygen atoms in total. The molecule has 3 heteroatoms. The minimum absolute atomic E-state index is 0.780. The Labute approximate surface area is 123 Å². The molecule has 2 unspecified atom stereocenters. The van der Waals surface area contributed by atoms with Crippen molar-refractivity contribution in [1.29, 1.82) is 0 Å². The van der Waals surface area contributed by atoms with Crippen molar-refractivity contribution in [2.45, 2.75) is 27.3 Å². The van der Waals surface area contributed by atoms with Gasteiger partial charge < -0.3 is 10.1 Å². The number of likely N-dealkylation sites (tertiary alicyclic amines) is 1. The van der Waals surface area contributed by atoms with Crippen molar-refractivity contribution in [3.63, 3.8) is 0 Å². The summed E-state index contributed by atoms with van der Waals surface area (Å²) in [5.41, 5.74) is 1.25. The van der Waals surface area contributed by atoms with Crippen LogP contribution in [0.1, 0.15) is 26.3 Å². The standard InChI is InChI=1S/C17H28N2O/c1-4-18-11-16-7-5-6-8-17(16)20-10-9-19-12-14(2)15(3)13-19/h5-8,14-15,18H,4,9-13H2,1-3H3. The van der Waals surface area contributed by atoms with Gasteiger partial charge >= 0.3 is 0 Å². The number of ether oxygens (including phenoxy) is 1. The Kier molecular flexibility index (Phi) is 5.86. The first-order chi connectivity index (χ1) is 9.70. The highest BCUT2D eigenvalue weighted by Crippen LogP contribution is 2.22. The Morgan fingerprint density at radius 1 is 1.20 bits per heavy atom. The highest BCUT2D eigenvalue weighted by Gasteiger charge is 2.25. The second-order valence-electron chi connectivity index (χ2n) is 5.95. The lowest BCUT2D eigenvalue weighted by molar-refractivity contribution is 0.230. The zero-order chi connectivity index (χ0) is 14.4. The number of rotatable bonds is 7. The van der Waals surface area contributed by atoms with Gasteiger partial charge in [-0.2, -0.15) is 0 Å². The molecule has 1 N–H and O–H groups in total. The zero-order valence-electron chi connectivity index (χ0n) is 13.1. The predicted octanol–water partition coefficient (Wildman–Crippen LogP) is 2.76. The third-order valence-electron chi connectivity index (χ3n) is 4.27. The Morgan fingerprint density at radius 2 is 1.90 bits per heavy atom. The SMILES string of the molecule is CCNCc1ccccc1OCCN1CC(C)C(C)C1. The van der Waals surface area contributed by atoms with Crippen LogP contribution in [-0.4, -0.2) is 37.7 Å². The van der Waals surface area contributed by atoms with Crippen LogP contribution in [0.2, 0.25) is 0 Å². The fraction of sp³-hybridized carbons (Fsp3) is 0.647. The van der Waals surface area contributed by atoms with Crippen molar-refractivity contribution in [2.24, 2.45) is 11.8 Å². The van der Waals surface area contributed by atoms with Crippen LogP contribution in [0.15, 0.2) is 24.3 Å². The summed E-state index contributed by atoms with van der Waals surface area (Å²) in [4.78, 5) is 2.52. The van der Waals surface area contributed by atoms with Crippen LogP contribution in [-0.2, 0) is 6.54 Å². The van der Waals surface area contributed by atoms with E-state index in [-0.39, 0.29) is 0 Å². The fourth-order valence-electron chi connectivity index (χ4n) is 2.77. The van der Waals surface area contributed by atoms with Gasteiger partial charge in [-0.15, -0.1) is 0 Å². The molecule has 112 valence electrons. The third kappa shape index (κ3) is 4.22. The lowest BCUT2D eigenvalue weighted by Gasteiger charge is -2.17. The van der Waals surface area contributed by atoms with Gasteiger partial charge in [-0.3, -0.25) is 4.90 Å². The molecule has 0 amide bonds. The maximum absolute atomic E-state index is 5.98. The summed E-state index contributed by atoms with van der Waals surface area (Å²) in [5, 5.41) is 3.36. The number of hydrogen-bond donors (Lipinski definition) is 1. The van der Waals surface area contributed by atoms with Gasteiger partial charge in [0.25, 0.3) is 0 Å².